The minimum Gasteiger partial charge on any atom is -0.493 e. The van der Waals surface area contributed by atoms with Gasteiger partial charge in [-0.2, -0.15) is 8.78 Å². The van der Waals surface area contributed by atoms with Crippen molar-refractivity contribution < 1.29 is 23.0 Å². The summed E-state index contributed by atoms with van der Waals surface area (Å²) in [6.07, 6.45) is 0.243. The van der Waals surface area contributed by atoms with Crippen molar-refractivity contribution in [1.82, 2.24) is 4.90 Å². The highest BCUT2D eigenvalue weighted by Gasteiger charge is 2.13. The van der Waals surface area contributed by atoms with Gasteiger partial charge in [0.2, 0.25) is 5.91 Å². The van der Waals surface area contributed by atoms with E-state index < -0.39 is 6.61 Å². The molecular weight excluding hydrogens is 306 g/mol. The van der Waals surface area contributed by atoms with Crippen molar-refractivity contribution in [2.24, 2.45) is 5.73 Å². The molecule has 1 aromatic carbocycles. The Morgan fingerprint density at radius 2 is 2.05 bits per heavy atom. The molecule has 0 aliphatic rings. The lowest BCUT2D eigenvalue weighted by Gasteiger charge is -2.18. The number of halogens is 3. The molecular formula is C13H19ClF2N2O3. The minimum absolute atomic E-state index is 0. The van der Waals surface area contributed by atoms with Crippen LogP contribution < -0.4 is 15.2 Å². The molecule has 0 spiro atoms. The lowest BCUT2D eigenvalue weighted by Crippen LogP contribution is -2.27. The number of nitrogens with two attached hydrogens (primary N) is 1. The molecule has 8 heteroatoms. The number of ether oxygens (including phenoxy) is 2. The molecule has 1 rings (SSSR count). The molecule has 2 N–H and O–H groups in total. The van der Waals surface area contributed by atoms with Crippen LogP contribution in [0.25, 0.3) is 0 Å². The summed E-state index contributed by atoms with van der Waals surface area (Å²) in [5, 5.41) is 0. The standard InChI is InChI=1S/C13H18F2N2O3.ClH/c1-17(12(18)5-6-16)8-9-3-4-10(19-2)11(7-9)20-13(14)15;/h3-4,7,13H,5-6,8,16H2,1-2H3;1H. The van der Waals surface area contributed by atoms with Gasteiger partial charge in [-0.3, -0.25) is 4.79 Å². The molecule has 21 heavy (non-hydrogen) atoms. The number of hydrogen-bond acceptors (Lipinski definition) is 4. The number of carbonyl (C=O) groups excluding carboxylic acids is 1. The lowest BCUT2D eigenvalue weighted by molar-refractivity contribution is -0.130. The highest BCUT2D eigenvalue weighted by atomic mass is 35.5. The van der Waals surface area contributed by atoms with E-state index in [1.54, 1.807) is 13.1 Å². The maximum atomic E-state index is 12.3. The zero-order chi connectivity index (χ0) is 15.1. The van der Waals surface area contributed by atoms with Crippen LogP contribution in [0.5, 0.6) is 11.5 Å². The summed E-state index contributed by atoms with van der Waals surface area (Å²) in [6.45, 7) is -2.38. The molecule has 1 aromatic rings. The van der Waals surface area contributed by atoms with Gasteiger partial charge in [0.25, 0.3) is 0 Å². The first-order valence-electron chi connectivity index (χ1n) is 6.03. The number of nitrogens with zero attached hydrogens (tertiary/aromatic N) is 1. The highest BCUT2D eigenvalue weighted by molar-refractivity contribution is 5.85. The Labute approximate surface area is 128 Å². The average molecular weight is 325 g/mol. The van der Waals surface area contributed by atoms with Crippen molar-refractivity contribution in [1.29, 1.82) is 0 Å². The summed E-state index contributed by atoms with van der Waals surface area (Å²) in [7, 11) is 2.99. The molecule has 0 atom stereocenters. The van der Waals surface area contributed by atoms with Crippen molar-refractivity contribution in [3.8, 4) is 11.5 Å². The van der Waals surface area contributed by atoms with Crippen molar-refractivity contribution in [3.05, 3.63) is 23.8 Å². The van der Waals surface area contributed by atoms with Gasteiger partial charge < -0.3 is 20.1 Å². The Bertz CT molecular complexity index is 461. The Morgan fingerprint density at radius 1 is 1.38 bits per heavy atom. The number of carbonyl (C=O) groups is 1. The van der Waals surface area contributed by atoms with Crippen molar-refractivity contribution >= 4 is 18.3 Å². The fourth-order valence-electron chi connectivity index (χ4n) is 1.68. The predicted octanol–water partition coefficient (Wildman–Crippen LogP) is 2.03. The van der Waals surface area contributed by atoms with Gasteiger partial charge in [0.1, 0.15) is 0 Å². The molecule has 0 saturated carbocycles. The van der Waals surface area contributed by atoms with Crippen LogP contribution >= 0.6 is 12.4 Å². The maximum Gasteiger partial charge on any atom is 0.387 e. The van der Waals surface area contributed by atoms with Gasteiger partial charge in [-0.1, -0.05) is 6.07 Å². The van der Waals surface area contributed by atoms with Crippen LogP contribution in [0.2, 0.25) is 0 Å². The second kappa shape index (κ2) is 9.36. The van der Waals surface area contributed by atoms with E-state index in [0.717, 1.165) is 0 Å². The van der Waals surface area contributed by atoms with Crippen LogP contribution in [0.4, 0.5) is 8.78 Å². The normalized spacial score (nSPS) is 10.0. The van der Waals surface area contributed by atoms with Gasteiger partial charge in [0, 0.05) is 26.6 Å². The number of rotatable bonds is 7. The van der Waals surface area contributed by atoms with E-state index in [2.05, 4.69) is 4.74 Å². The van der Waals surface area contributed by atoms with Crippen molar-refractivity contribution in [3.63, 3.8) is 0 Å². The summed E-state index contributed by atoms with van der Waals surface area (Å²) in [6, 6.07) is 4.63. The first-order valence-corrected chi connectivity index (χ1v) is 6.03. The topological polar surface area (TPSA) is 64.8 Å². The highest BCUT2D eigenvalue weighted by Crippen LogP contribution is 2.29. The van der Waals surface area contributed by atoms with Gasteiger partial charge in [-0.05, 0) is 17.7 Å². The van der Waals surface area contributed by atoms with Crippen LogP contribution in [-0.2, 0) is 11.3 Å². The Morgan fingerprint density at radius 3 is 2.57 bits per heavy atom. The molecule has 0 saturated heterocycles. The minimum atomic E-state index is -2.93. The average Bonchev–Trinajstić information content (AvgIpc) is 2.38. The third kappa shape index (κ3) is 6.14. The number of methoxy groups -OCH3 is 1. The van der Waals surface area contributed by atoms with Crippen LogP contribution in [0, 0.1) is 0 Å². The molecule has 5 nitrogen and oxygen atoms in total. The third-order valence-corrected chi connectivity index (χ3v) is 2.65. The van der Waals surface area contributed by atoms with Gasteiger partial charge in [0.15, 0.2) is 11.5 Å². The molecule has 0 aliphatic heterocycles. The maximum absolute atomic E-state index is 12.3. The molecule has 0 fully saturated rings. The van der Waals surface area contributed by atoms with Gasteiger partial charge in [-0.15, -0.1) is 12.4 Å². The van der Waals surface area contributed by atoms with E-state index in [-0.39, 0.29) is 49.3 Å². The van der Waals surface area contributed by atoms with Crippen LogP contribution in [-0.4, -0.2) is 38.1 Å². The van der Waals surface area contributed by atoms with E-state index in [9.17, 15) is 13.6 Å². The fourth-order valence-corrected chi connectivity index (χ4v) is 1.68. The summed E-state index contributed by atoms with van der Waals surface area (Å²) >= 11 is 0. The van der Waals surface area contributed by atoms with Crippen molar-refractivity contribution in [2.45, 2.75) is 19.6 Å². The van der Waals surface area contributed by atoms with E-state index >= 15 is 0 Å². The van der Waals surface area contributed by atoms with Crippen LogP contribution in [0.15, 0.2) is 18.2 Å². The number of benzene rings is 1. The second-order valence-electron chi connectivity index (χ2n) is 4.15. The van der Waals surface area contributed by atoms with Gasteiger partial charge >= 0.3 is 6.61 Å². The Kier molecular flexibility index (Phi) is 8.64. The largest absolute Gasteiger partial charge is 0.493 e. The zero-order valence-corrected chi connectivity index (χ0v) is 12.7. The molecule has 0 radical (unpaired) electrons. The first-order chi connectivity index (χ1) is 9.47. The second-order valence-corrected chi connectivity index (χ2v) is 4.15. The lowest BCUT2D eigenvalue weighted by atomic mass is 10.2. The molecule has 0 aliphatic carbocycles. The van der Waals surface area contributed by atoms with Gasteiger partial charge in [-0.25, -0.2) is 0 Å². The summed E-state index contributed by atoms with van der Waals surface area (Å²) < 4.78 is 33.9. The number of amides is 1. The zero-order valence-electron chi connectivity index (χ0n) is 11.8. The summed E-state index contributed by atoms with van der Waals surface area (Å²) in [4.78, 5) is 13.1. The number of alkyl halides is 2. The predicted molar refractivity (Wildman–Crippen MR) is 77.0 cm³/mol. The van der Waals surface area contributed by atoms with E-state index in [1.807, 2.05) is 0 Å². The van der Waals surface area contributed by atoms with E-state index in [1.165, 1.54) is 24.1 Å². The Hall–Kier alpha value is -1.60. The molecule has 0 heterocycles. The smallest absolute Gasteiger partial charge is 0.387 e. The quantitative estimate of drug-likeness (QED) is 0.833. The van der Waals surface area contributed by atoms with E-state index in [4.69, 9.17) is 10.5 Å². The van der Waals surface area contributed by atoms with Crippen LogP contribution in [0.1, 0.15) is 12.0 Å². The monoisotopic (exact) mass is 324 g/mol. The summed E-state index contributed by atoms with van der Waals surface area (Å²) in [5.41, 5.74) is 5.97. The van der Waals surface area contributed by atoms with E-state index in [0.29, 0.717) is 5.56 Å². The third-order valence-electron chi connectivity index (χ3n) is 2.65. The number of hydrogen-bond donors (Lipinski definition) is 1. The molecule has 0 unspecified atom stereocenters. The molecule has 1 amide bonds. The molecule has 0 aromatic heterocycles. The first kappa shape index (κ1) is 19.4. The van der Waals surface area contributed by atoms with Gasteiger partial charge in [0.05, 0.1) is 7.11 Å². The molecule has 120 valence electrons. The summed E-state index contributed by atoms with van der Waals surface area (Å²) in [5.74, 6) is 0.0457. The molecule has 0 bridgehead atoms. The fraction of sp³-hybridized carbons (Fsp3) is 0.462. The Balaban J connectivity index is 0.00000400. The van der Waals surface area contributed by atoms with Crippen molar-refractivity contribution in [2.75, 3.05) is 20.7 Å². The van der Waals surface area contributed by atoms with Crippen LogP contribution in [0.3, 0.4) is 0 Å². The SMILES string of the molecule is COc1ccc(CN(C)C(=O)CCN)cc1OC(F)F.Cl.